The Kier molecular flexibility index (Phi) is 8.78. The van der Waals surface area contributed by atoms with E-state index in [0.717, 1.165) is 0 Å². The first-order valence-electron chi connectivity index (χ1n) is 5.59. The summed E-state index contributed by atoms with van der Waals surface area (Å²) in [5.41, 5.74) is 6.16. The van der Waals surface area contributed by atoms with E-state index in [9.17, 15) is 13.6 Å². The first-order chi connectivity index (χ1) is 9.02. The second-order valence-corrected chi connectivity index (χ2v) is 3.81. The van der Waals surface area contributed by atoms with E-state index in [2.05, 4.69) is 10.1 Å². The summed E-state index contributed by atoms with van der Waals surface area (Å²) in [4.78, 5) is 11.5. The van der Waals surface area contributed by atoms with Crippen LogP contribution in [0.4, 0.5) is 8.78 Å². The van der Waals surface area contributed by atoms with Crippen LogP contribution in [0.2, 0.25) is 0 Å². The Bertz CT molecular complexity index is 421. The lowest BCUT2D eigenvalue weighted by atomic mass is 10.2. The quantitative estimate of drug-likeness (QED) is 0.796. The van der Waals surface area contributed by atoms with Crippen LogP contribution in [-0.4, -0.2) is 32.3 Å². The summed E-state index contributed by atoms with van der Waals surface area (Å²) in [5, 5.41) is 2.58. The van der Waals surface area contributed by atoms with Crippen LogP contribution in [0.3, 0.4) is 0 Å². The van der Waals surface area contributed by atoms with Gasteiger partial charge in [0.25, 0.3) is 0 Å². The SMILES string of the molecule is COCC(N)C(=O)NCc1cccc(OC(F)F)c1.Cl. The number of ether oxygens (including phenoxy) is 2. The van der Waals surface area contributed by atoms with Crippen LogP contribution in [0.15, 0.2) is 24.3 Å². The predicted molar refractivity (Wildman–Crippen MR) is 72.0 cm³/mol. The third kappa shape index (κ3) is 6.65. The summed E-state index contributed by atoms with van der Waals surface area (Å²) in [6.45, 7) is -2.59. The lowest BCUT2D eigenvalue weighted by Crippen LogP contribution is -2.43. The van der Waals surface area contributed by atoms with Crippen molar-refractivity contribution in [3.8, 4) is 5.75 Å². The number of nitrogens with one attached hydrogen (secondary N) is 1. The van der Waals surface area contributed by atoms with Crippen molar-refractivity contribution < 1.29 is 23.0 Å². The molecular formula is C12H17ClF2N2O3. The number of methoxy groups -OCH3 is 1. The van der Waals surface area contributed by atoms with Gasteiger partial charge in [-0.15, -0.1) is 12.4 Å². The summed E-state index contributed by atoms with van der Waals surface area (Å²) in [6.07, 6.45) is 0. The first-order valence-corrected chi connectivity index (χ1v) is 5.59. The summed E-state index contributed by atoms with van der Waals surface area (Å²) in [5.74, 6) is -0.329. The number of benzene rings is 1. The van der Waals surface area contributed by atoms with Gasteiger partial charge in [0.05, 0.1) is 6.61 Å². The van der Waals surface area contributed by atoms with Crippen molar-refractivity contribution in [1.29, 1.82) is 0 Å². The van der Waals surface area contributed by atoms with Gasteiger partial charge in [0, 0.05) is 13.7 Å². The number of carbonyl (C=O) groups excluding carboxylic acids is 1. The Morgan fingerprint density at radius 2 is 2.15 bits per heavy atom. The molecular weight excluding hydrogens is 294 g/mol. The minimum atomic E-state index is -2.88. The molecule has 1 aromatic carbocycles. The zero-order chi connectivity index (χ0) is 14.3. The van der Waals surface area contributed by atoms with Gasteiger partial charge in [-0.25, -0.2) is 0 Å². The van der Waals surface area contributed by atoms with Gasteiger partial charge in [0.2, 0.25) is 5.91 Å². The Labute approximate surface area is 121 Å². The highest BCUT2D eigenvalue weighted by Gasteiger charge is 2.12. The first kappa shape index (κ1) is 18.6. The van der Waals surface area contributed by atoms with E-state index in [4.69, 9.17) is 10.5 Å². The molecule has 0 saturated carbocycles. The highest BCUT2D eigenvalue weighted by atomic mass is 35.5. The van der Waals surface area contributed by atoms with Gasteiger partial charge in [0.1, 0.15) is 11.8 Å². The summed E-state index contributed by atoms with van der Waals surface area (Å²) >= 11 is 0. The molecule has 0 heterocycles. The Hall–Kier alpha value is -1.44. The van der Waals surface area contributed by atoms with Crippen molar-refractivity contribution in [3.63, 3.8) is 0 Å². The van der Waals surface area contributed by atoms with Crippen molar-refractivity contribution in [1.82, 2.24) is 5.32 Å². The average molecular weight is 311 g/mol. The second kappa shape index (κ2) is 9.46. The van der Waals surface area contributed by atoms with Crippen LogP contribution in [0.1, 0.15) is 5.56 Å². The van der Waals surface area contributed by atoms with Gasteiger partial charge in [-0.05, 0) is 17.7 Å². The topological polar surface area (TPSA) is 73.6 Å². The van der Waals surface area contributed by atoms with Crippen molar-refractivity contribution in [2.24, 2.45) is 5.73 Å². The molecule has 0 aliphatic heterocycles. The molecule has 0 aliphatic rings. The fourth-order valence-corrected chi connectivity index (χ4v) is 1.41. The zero-order valence-corrected chi connectivity index (χ0v) is 11.7. The fourth-order valence-electron chi connectivity index (χ4n) is 1.41. The van der Waals surface area contributed by atoms with E-state index in [-0.39, 0.29) is 37.2 Å². The van der Waals surface area contributed by atoms with Crippen LogP contribution in [0.25, 0.3) is 0 Å². The van der Waals surface area contributed by atoms with Crippen molar-refractivity contribution >= 4 is 18.3 Å². The summed E-state index contributed by atoms with van der Waals surface area (Å²) in [6, 6.07) is 5.32. The number of nitrogens with two attached hydrogens (primary N) is 1. The second-order valence-electron chi connectivity index (χ2n) is 3.81. The highest BCUT2D eigenvalue weighted by molar-refractivity contribution is 5.85. The minimum Gasteiger partial charge on any atom is -0.435 e. The molecule has 0 aromatic heterocycles. The third-order valence-electron chi connectivity index (χ3n) is 2.27. The molecule has 1 rings (SSSR count). The van der Waals surface area contributed by atoms with Crippen LogP contribution in [-0.2, 0) is 16.1 Å². The molecule has 0 fully saturated rings. The largest absolute Gasteiger partial charge is 0.435 e. The van der Waals surface area contributed by atoms with Gasteiger partial charge in [-0.1, -0.05) is 12.1 Å². The number of halogens is 3. The number of rotatable bonds is 7. The van der Waals surface area contributed by atoms with E-state index in [1.165, 1.54) is 19.2 Å². The number of amides is 1. The number of hydrogen-bond donors (Lipinski definition) is 2. The molecule has 1 unspecified atom stereocenters. The Morgan fingerprint density at radius 3 is 2.75 bits per heavy atom. The van der Waals surface area contributed by atoms with Crippen LogP contribution in [0.5, 0.6) is 5.75 Å². The predicted octanol–water partition coefficient (Wildman–Crippen LogP) is 1.30. The molecule has 1 amide bonds. The molecule has 3 N–H and O–H groups in total. The van der Waals surface area contributed by atoms with Crippen LogP contribution >= 0.6 is 12.4 Å². The Balaban J connectivity index is 0.00000361. The highest BCUT2D eigenvalue weighted by Crippen LogP contribution is 2.15. The molecule has 0 aliphatic carbocycles. The lowest BCUT2D eigenvalue weighted by Gasteiger charge is -2.12. The van der Waals surface area contributed by atoms with Gasteiger partial charge in [-0.3, -0.25) is 4.79 Å². The molecule has 0 saturated heterocycles. The van der Waals surface area contributed by atoms with E-state index in [1.54, 1.807) is 12.1 Å². The zero-order valence-electron chi connectivity index (χ0n) is 10.8. The van der Waals surface area contributed by atoms with E-state index in [1.807, 2.05) is 0 Å². The molecule has 5 nitrogen and oxygen atoms in total. The maximum absolute atomic E-state index is 12.0. The molecule has 0 bridgehead atoms. The maximum atomic E-state index is 12.0. The molecule has 20 heavy (non-hydrogen) atoms. The number of alkyl halides is 2. The van der Waals surface area contributed by atoms with Gasteiger partial charge >= 0.3 is 6.61 Å². The van der Waals surface area contributed by atoms with E-state index >= 15 is 0 Å². The molecule has 1 aromatic rings. The molecule has 8 heteroatoms. The average Bonchev–Trinajstić information content (AvgIpc) is 2.36. The molecule has 0 spiro atoms. The third-order valence-corrected chi connectivity index (χ3v) is 2.27. The number of hydrogen-bond acceptors (Lipinski definition) is 4. The molecule has 0 radical (unpaired) electrons. The summed E-state index contributed by atoms with van der Waals surface area (Å²) < 4.78 is 33.1. The van der Waals surface area contributed by atoms with Crippen molar-refractivity contribution in [2.75, 3.05) is 13.7 Å². The monoisotopic (exact) mass is 310 g/mol. The molecule has 114 valence electrons. The van der Waals surface area contributed by atoms with Crippen molar-refractivity contribution in [2.45, 2.75) is 19.2 Å². The van der Waals surface area contributed by atoms with Crippen LogP contribution < -0.4 is 15.8 Å². The molecule has 1 atom stereocenters. The van der Waals surface area contributed by atoms with Crippen LogP contribution in [0, 0.1) is 0 Å². The van der Waals surface area contributed by atoms with Gasteiger partial charge in [0.15, 0.2) is 0 Å². The van der Waals surface area contributed by atoms with Crippen molar-refractivity contribution in [3.05, 3.63) is 29.8 Å². The number of carbonyl (C=O) groups is 1. The summed E-state index contributed by atoms with van der Waals surface area (Å²) in [7, 11) is 1.44. The normalized spacial score (nSPS) is 11.7. The standard InChI is InChI=1S/C12H16F2N2O3.ClH/c1-18-7-10(15)11(17)16-6-8-3-2-4-9(5-8)19-12(13)14;/h2-5,10,12H,6-7,15H2,1H3,(H,16,17);1H. The Morgan fingerprint density at radius 1 is 1.45 bits per heavy atom. The lowest BCUT2D eigenvalue weighted by molar-refractivity contribution is -0.123. The van der Waals surface area contributed by atoms with E-state index in [0.29, 0.717) is 5.56 Å². The van der Waals surface area contributed by atoms with Gasteiger partial charge < -0.3 is 20.5 Å². The maximum Gasteiger partial charge on any atom is 0.387 e. The van der Waals surface area contributed by atoms with Gasteiger partial charge in [-0.2, -0.15) is 8.78 Å². The van der Waals surface area contributed by atoms with E-state index < -0.39 is 12.7 Å². The fraction of sp³-hybridized carbons (Fsp3) is 0.417. The smallest absolute Gasteiger partial charge is 0.387 e. The minimum absolute atomic E-state index is 0.